The lowest BCUT2D eigenvalue weighted by Crippen LogP contribution is -2.14. The molecule has 1 aliphatic carbocycles. The fourth-order valence-corrected chi connectivity index (χ4v) is 4.41. The van der Waals surface area contributed by atoms with Crippen LogP contribution in [0.1, 0.15) is 69.4 Å². The molecule has 1 aliphatic heterocycles. The minimum atomic E-state index is -0.732. The Morgan fingerprint density at radius 3 is 3.04 bits per heavy atom. The minimum absolute atomic E-state index is 0.211. The van der Waals surface area contributed by atoms with Crippen LogP contribution in [-0.2, 0) is 11.2 Å². The number of rotatable bonds is 8. The third-order valence-corrected chi connectivity index (χ3v) is 5.79. The molecule has 3 nitrogen and oxygen atoms in total. The molecular formula is C24H30O3. The van der Waals surface area contributed by atoms with Gasteiger partial charge in [0, 0.05) is 24.3 Å². The first-order valence-electron chi connectivity index (χ1n) is 10.2. The predicted octanol–water partition coefficient (Wildman–Crippen LogP) is 5.34. The molecule has 1 saturated carbocycles. The summed E-state index contributed by atoms with van der Waals surface area (Å²) in [5.41, 5.74) is 2.49. The fourth-order valence-electron chi connectivity index (χ4n) is 4.41. The van der Waals surface area contributed by atoms with Crippen molar-refractivity contribution < 1.29 is 14.6 Å². The van der Waals surface area contributed by atoms with E-state index in [0.717, 1.165) is 37.0 Å². The fraction of sp³-hybridized carbons (Fsp3) is 0.542. The monoisotopic (exact) mass is 366 g/mol. The largest absolute Gasteiger partial charge is 0.489 e. The van der Waals surface area contributed by atoms with Gasteiger partial charge in [0.15, 0.2) is 0 Å². The number of ether oxygens (including phenoxy) is 1. The zero-order valence-electron chi connectivity index (χ0n) is 16.4. The average molecular weight is 367 g/mol. The second-order valence-corrected chi connectivity index (χ2v) is 7.91. The maximum Gasteiger partial charge on any atom is 0.303 e. The van der Waals surface area contributed by atoms with Gasteiger partial charge in [-0.1, -0.05) is 37.3 Å². The lowest BCUT2D eigenvalue weighted by molar-refractivity contribution is -0.137. The van der Waals surface area contributed by atoms with Crippen molar-refractivity contribution in [1.29, 1.82) is 0 Å². The van der Waals surface area contributed by atoms with Crippen LogP contribution < -0.4 is 4.74 Å². The number of aryl methyl sites for hydroxylation is 1. The zero-order valence-corrected chi connectivity index (χ0v) is 16.4. The number of carboxylic acids is 1. The molecule has 1 heterocycles. The summed E-state index contributed by atoms with van der Waals surface area (Å²) in [6, 6.07) is 6.39. The summed E-state index contributed by atoms with van der Waals surface area (Å²) in [5, 5.41) is 8.87. The van der Waals surface area contributed by atoms with Crippen LogP contribution in [0.25, 0.3) is 0 Å². The number of fused-ring (bicyclic) bond motifs is 3. The molecule has 0 spiro atoms. The highest BCUT2D eigenvalue weighted by Gasteiger charge is 2.44. The van der Waals surface area contributed by atoms with Gasteiger partial charge in [0.1, 0.15) is 11.9 Å². The van der Waals surface area contributed by atoms with Gasteiger partial charge in [0.05, 0.1) is 0 Å². The van der Waals surface area contributed by atoms with Gasteiger partial charge in [0.2, 0.25) is 0 Å². The summed E-state index contributed by atoms with van der Waals surface area (Å²) in [5.74, 6) is 8.02. The van der Waals surface area contributed by atoms with E-state index in [-0.39, 0.29) is 12.5 Å². The Morgan fingerprint density at radius 2 is 2.26 bits per heavy atom. The number of allylic oxidation sites excluding steroid dienone is 2. The van der Waals surface area contributed by atoms with E-state index in [1.807, 2.05) is 6.92 Å². The maximum atomic E-state index is 10.8. The van der Waals surface area contributed by atoms with Gasteiger partial charge >= 0.3 is 5.97 Å². The van der Waals surface area contributed by atoms with Gasteiger partial charge < -0.3 is 9.84 Å². The zero-order chi connectivity index (χ0) is 19.2. The van der Waals surface area contributed by atoms with Crippen molar-refractivity contribution in [3.63, 3.8) is 0 Å². The average Bonchev–Trinajstić information content (AvgIpc) is 3.20. The molecule has 3 rings (SSSR count). The van der Waals surface area contributed by atoms with E-state index in [0.29, 0.717) is 24.2 Å². The Hall–Kier alpha value is -2.21. The maximum absolute atomic E-state index is 10.8. The molecule has 1 aromatic rings. The molecule has 0 bridgehead atoms. The molecule has 3 heteroatoms. The van der Waals surface area contributed by atoms with Crippen molar-refractivity contribution in [2.45, 2.75) is 70.8 Å². The van der Waals surface area contributed by atoms with E-state index >= 15 is 0 Å². The van der Waals surface area contributed by atoms with Crippen LogP contribution in [0, 0.1) is 23.7 Å². The van der Waals surface area contributed by atoms with Crippen molar-refractivity contribution in [3.8, 4) is 17.6 Å². The lowest BCUT2D eigenvalue weighted by Gasteiger charge is -2.15. The SMILES string of the molecule is CC#CCC(C)C/C=C/C1CC[C@@H]2Oc3c(CCCC(=O)O)cccc3[C@H]12. The first kappa shape index (κ1) is 19.5. The summed E-state index contributed by atoms with van der Waals surface area (Å²) in [7, 11) is 0. The van der Waals surface area contributed by atoms with Crippen LogP contribution >= 0.6 is 0 Å². The lowest BCUT2D eigenvalue weighted by atomic mass is 9.87. The van der Waals surface area contributed by atoms with Crippen molar-refractivity contribution in [2.24, 2.45) is 11.8 Å². The first-order valence-corrected chi connectivity index (χ1v) is 10.2. The van der Waals surface area contributed by atoms with Gasteiger partial charge in [-0.25, -0.2) is 0 Å². The molecule has 0 amide bonds. The van der Waals surface area contributed by atoms with Crippen molar-refractivity contribution in [2.75, 3.05) is 0 Å². The number of para-hydroxylation sites is 1. The van der Waals surface area contributed by atoms with Crippen LogP contribution in [0.15, 0.2) is 30.4 Å². The molecule has 1 fully saturated rings. The second kappa shape index (κ2) is 9.13. The van der Waals surface area contributed by atoms with Gasteiger partial charge in [0.25, 0.3) is 0 Å². The summed E-state index contributed by atoms with van der Waals surface area (Å²) in [6.45, 7) is 4.15. The summed E-state index contributed by atoms with van der Waals surface area (Å²) in [4.78, 5) is 10.8. The molecule has 0 aromatic heterocycles. The van der Waals surface area contributed by atoms with Crippen LogP contribution in [-0.4, -0.2) is 17.2 Å². The molecule has 1 aromatic carbocycles. The number of carbonyl (C=O) groups is 1. The van der Waals surface area contributed by atoms with E-state index < -0.39 is 5.97 Å². The number of aliphatic carboxylic acids is 1. The molecular weight excluding hydrogens is 336 g/mol. The third kappa shape index (κ3) is 4.75. The first-order chi connectivity index (χ1) is 13.1. The van der Waals surface area contributed by atoms with Gasteiger partial charge in [-0.05, 0) is 56.4 Å². The summed E-state index contributed by atoms with van der Waals surface area (Å²) >= 11 is 0. The van der Waals surface area contributed by atoms with E-state index in [1.54, 1.807) is 0 Å². The normalized spacial score (nSPS) is 24.0. The second-order valence-electron chi connectivity index (χ2n) is 7.91. The van der Waals surface area contributed by atoms with Crippen molar-refractivity contribution in [3.05, 3.63) is 41.5 Å². The summed E-state index contributed by atoms with van der Waals surface area (Å²) in [6.07, 6.45) is 11.0. The van der Waals surface area contributed by atoms with Crippen molar-refractivity contribution in [1.82, 2.24) is 0 Å². The molecule has 4 atom stereocenters. The quantitative estimate of drug-likeness (QED) is 0.499. The van der Waals surface area contributed by atoms with Crippen LogP contribution in [0.5, 0.6) is 5.75 Å². The number of hydrogen-bond donors (Lipinski definition) is 1. The number of benzene rings is 1. The Morgan fingerprint density at radius 1 is 1.41 bits per heavy atom. The van der Waals surface area contributed by atoms with E-state index in [1.165, 1.54) is 12.0 Å². The highest BCUT2D eigenvalue weighted by atomic mass is 16.5. The Bertz CT molecular complexity index is 753. The molecule has 2 unspecified atom stereocenters. The Labute approximate surface area is 162 Å². The highest BCUT2D eigenvalue weighted by molar-refractivity contribution is 5.66. The minimum Gasteiger partial charge on any atom is -0.489 e. The molecule has 27 heavy (non-hydrogen) atoms. The van der Waals surface area contributed by atoms with Gasteiger partial charge in [-0.2, -0.15) is 0 Å². The van der Waals surface area contributed by atoms with Crippen LogP contribution in [0.3, 0.4) is 0 Å². The summed E-state index contributed by atoms with van der Waals surface area (Å²) < 4.78 is 6.33. The smallest absolute Gasteiger partial charge is 0.303 e. The standard InChI is InChI=1S/C24H30O3/c1-3-4-8-17(2)9-5-10-18-15-16-21-23(18)20-13-6-11-19(24(20)27-21)12-7-14-22(25)26/h5-6,10-11,13,17-18,21,23H,7-9,12,14-16H2,1-2H3,(H,25,26)/b10-5+/t17?,18?,21-,23-/m0/s1. The number of hydrogen-bond acceptors (Lipinski definition) is 2. The van der Waals surface area contributed by atoms with E-state index in [2.05, 4.69) is 49.1 Å². The highest BCUT2D eigenvalue weighted by Crippen LogP contribution is 2.51. The van der Waals surface area contributed by atoms with Gasteiger partial charge in [-0.15, -0.1) is 11.8 Å². The van der Waals surface area contributed by atoms with Crippen LogP contribution in [0.4, 0.5) is 0 Å². The van der Waals surface area contributed by atoms with E-state index in [9.17, 15) is 4.79 Å². The van der Waals surface area contributed by atoms with Crippen LogP contribution in [0.2, 0.25) is 0 Å². The molecule has 2 aliphatic rings. The Balaban J connectivity index is 1.66. The topological polar surface area (TPSA) is 46.5 Å². The number of carboxylic acid groups (broad SMARTS) is 1. The van der Waals surface area contributed by atoms with Crippen molar-refractivity contribution >= 4 is 5.97 Å². The Kier molecular flexibility index (Phi) is 6.61. The van der Waals surface area contributed by atoms with E-state index in [4.69, 9.17) is 9.84 Å². The molecule has 0 radical (unpaired) electrons. The third-order valence-electron chi connectivity index (χ3n) is 5.79. The molecule has 144 valence electrons. The van der Waals surface area contributed by atoms with Gasteiger partial charge in [-0.3, -0.25) is 4.79 Å². The molecule has 1 N–H and O–H groups in total. The molecule has 0 saturated heterocycles. The predicted molar refractivity (Wildman–Crippen MR) is 108 cm³/mol.